The summed E-state index contributed by atoms with van der Waals surface area (Å²) < 4.78 is 2.23. The lowest BCUT2D eigenvalue weighted by molar-refractivity contribution is 0.148. The van der Waals surface area contributed by atoms with Crippen molar-refractivity contribution in [2.45, 2.75) is 6.54 Å². The Bertz CT molecular complexity index is 873. The van der Waals surface area contributed by atoms with Crippen molar-refractivity contribution < 1.29 is 0 Å². The van der Waals surface area contributed by atoms with Gasteiger partial charge in [0.05, 0.1) is 10.2 Å². The van der Waals surface area contributed by atoms with E-state index in [1.165, 1.54) is 5.56 Å². The van der Waals surface area contributed by atoms with Crippen molar-refractivity contribution in [3.05, 3.63) is 46.6 Å². The van der Waals surface area contributed by atoms with Gasteiger partial charge in [-0.2, -0.15) is 0 Å². The van der Waals surface area contributed by atoms with E-state index >= 15 is 0 Å². The summed E-state index contributed by atoms with van der Waals surface area (Å²) in [5.74, 6) is 0.852. The second-order valence-electron chi connectivity index (χ2n) is 6.38. The molecule has 25 heavy (non-hydrogen) atoms. The van der Waals surface area contributed by atoms with Crippen molar-refractivity contribution in [1.82, 2.24) is 19.8 Å². The number of pyridine rings is 1. The highest BCUT2D eigenvalue weighted by atomic mass is 79.9. The molecule has 1 saturated heterocycles. The normalized spacial score (nSPS) is 16.4. The van der Waals surface area contributed by atoms with Gasteiger partial charge in [0.25, 0.3) is 0 Å². The van der Waals surface area contributed by atoms with E-state index in [4.69, 9.17) is 0 Å². The third-order valence-electron chi connectivity index (χ3n) is 4.41. The van der Waals surface area contributed by atoms with Gasteiger partial charge in [0, 0.05) is 43.4 Å². The number of rotatable bonds is 4. The minimum atomic E-state index is 0.852. The fourth-order valence-electron chi connectivity index (χ4n) is 2.97. The van der Waals surface area contributed by atoms with Gasteiger partial charge in [-0.25, -0.2) is 9.97 Å². The quantitative estimate of drug-likeness (QED) is 0.695. The number of fused-ring (bicyclic) bond motifs is 1. The fourth-order valence-corrected chi connectivity index (χ4v) is 4.39. The van der Waals surface area contributed by atoms with Crippen molar-refractivity contribution in [2.24, 2.45) is 0 Å². The second-order valence-corrected chi connectivity index (χ2v) is 8.33. The first kappa shape index (κ1) is 16.9. The van der Waals surface area contributed by atoms with Crippen molar-refractivity contribution in [3.63, 3.8) is 0 Å². The van der Waals surface area contributed by atoms with Crippen LogP contribution in [0.1, 0.15) is 5.56 Å². The molecule has 1 aliphatic rings. The van der Waals surface area contributed by atoms with Crippen molar-refractivity contribution in [2.75, 3.05) is 38.5 Å². The molecule has 0 amide bonds. The number of piperazine rings is 1. The van der Waals surface area contributed by atoms with Crippen molar-refractivity contribution in [1.29, 1.82) is 0 Å². The van der Waals surface area contributed by atoms with Crippen molar-refractivity contribution >= 4 is 48.4 Å². The third kappa shape index (κ3) is 4.17. The summed E-state index contributed by atoms with van der Waals surface area (Å²) in [6, 6.07) is 10.4. The molecule has 0 saturated carbocycles. The Morgan fingerprint density at radius 3 is 2.84 bits per heavy atom. The number of thiazole rings is 1. The average molecular weight is 418 g/mol. The van der Waals surface area contributed by atoms with Crippen LogP contribution in [0.2, 0.25) is 0 Å². The Kier molecular flexibility index (Phi) is 4.98. The maximum absolute atomic E-state index is 4.63. The zero-order valence-electron chi connectivity index (χ0n) is 14.1. The van der Waals surface area contributed by atoms with Crippen LogP contribution in [-0.4, -0.2) is 53.0 Å². The molecule has 7 heteroatoms. The molecule has 0 spiro atoms. The molecule has 130 valence electrons. The molecule has 1 aliphatic heterocycles. The largest absolute Gasteiger partial charge is 0.316 e. The molecule has 1 N–H and O–H groups in total. The van der Waals surface area contributed by atoms with Crippen LogP contribution in [-0.2, 0) is 6.54 Å². The Labute approximate surface area is 159 Å². The highest BCUT2D eigenvalue weighted by Gasteiger charge is 2.14. The van der Waals surface area contributed by atoms with E-state index < -0.39 is 0 Å². The van der Waals surface area contributed by atoms with Gasteiger partial charge in [-0.05, 0) is 42.9 Å². The summed E-state index contributed by atoms with van der Waals surface area (Å²) in [4.78, 5) is 14.0. The molecule has 0 bridgehead atoms. The topological polar surface area (TPSA) is 44.3 Å². The Balaban J connectivity index is 1.47. The number of nitrogens with zero attached hydrogens (tertiary/aromatic N) is 4. The van der Waals surface area contributed by atoms with Gasteiger partial charge in [-0.1, -0.05) is 27.3 Å². The molecule has 2 aromatic heterocycles. The third-order valence-corrected chi connectivity index (χ3v) is 5.84. The minimum absolute atomic E-state index is 0.852. The predicted octanol–water partition coefficient (Wildman–Crippen LogP) is 3.94. The van der Waals surface area contributed by atoms with Gasteiger partial charge in [0.1, 0.15) is 5.82 Å². The van der Waals surface area contributed by atoms with Crippen LogP contribution in [0.25, 0.3) is 10.2 Å². The lowest BCUT2D eigenvalue weighted by Gasteiger charge is -2.32. The molecule has 3 aromatic rings. The van der Waals surface area contributed by atoms with Gasteiger partial charge in [-0.15, -0.1) is 0 Å². The number of benzene rings is 1. The number of likely N-dealkylation sites (N-methyl/N-ethyl adjacent to an activating group) is 1. The molecule has 0 aliphatic carbocycles. The average Bonchev–Trinajstić information content (AvgIpc) is 2.98. The van der Waals surface area contributed by atoms with Crippen LogP contribution in [0, 0.1) is 0 Å². The van der Waals surface area contributed by atoms with Gasteiger partial charge in [-0.3, -0.25) is 4.90 Å². The van der Waals surface area contributed by atoms with E-state index in [1.807, 2.05) is 18.3 Å². The van der Waals surface area contributed by atoms with Crippen LogP contribution in [0.15, 0.2) is 41.0 Å². The van der Waals surface area contributed by atoms with E-state index in [1.54, 1.807) is 11.3 Å². The van der Waals surface area contributed by atoms with Gasteiger partial charge in [0.2, 0.25) is 0 Å². The summed E-state index contributed by atoms with van der Waals surface area (Å²) >= 11 is 5.15. The summed E-state index contributed by atoms with van der Waals surface area (Å²) in [5.41, 5.74) is 2.29. The molecule has 0 unspecified atom stereocenters. The highest BCUT2D eigenvalue weighted by Crippen LogP contribution is 2.30. The van der Waals surface area contributed by atoms with Crippen LogP contribution in [0.5, 0.6) is 0 Å². The molecule has 5 nitrogen and oxygen atoms in total. The first-order valence-electron chi connectivity index (χ1n) is 8.35. The van der Waals surface area contributed by atoms with Crippen LogP contribution in [0.4, 0.5) is 10.9 Å². The second kappa shape index (κ2) is 7.37. The molecule has 0 atom stereocenters. The molecule has 1 fully saturated rings. The molecule has 0 radical (unpaired) electrons. The van der Waals surface area contributed by atoms with Gasteiger partial charge >= 0.3 is 0 Å². The maximum Gasteiger partial charge on any atom is 0.189 e. The van der Waals surface area contributed by atoms with E-state index in [9.17, 15) is 0 Å². The highest BCUT2D eigenvalue weighted by molar-refractivity contribution is 9.10. The van der Waals surface area contributed by atoms with E-state index in [2.05, 4.69) is 66.3 Å². The SMILES string of the molecule is CN1CCN(Cc2ccnc(Nc3nc4ccc(Br)cc4s3)c2)CC1. The van der Waals surface area contributed by atoms with Crippen LogP contribution >= 0.6 is 27.3 Å². The van der Waals surface area contributed by atoms with E-state index in [0.717, 1.165) is 58.4 Å². The van der Waals surface area contributed by atoms with Gasteiger partial charge < -0.3 is 10.2 Å². The zero-order chi connectivity index (χ0) is 17.2. The number of anilines is 2. The first-order chi connectivity index (χ1) is 12.2. The monoisotopic (exact) mass is 417 g/mol. The fraction of sp³-hybridized carbons (Fsp3) is 0.333. The zero-order valence-corrected chi connectivity index (χ0v) is 16.5. The summed E-state index contributed by atoms with van der Waals surface area (Å²) in [7, 11) is 2.18. The Morgan fingerprint density at radius 2 is 2.00 bits per heavy atom. The number of nitrogens with one attached hydrogen (secondary N) is 1. The molecule has 4 rings (SSSR count). The molecule has 3 heterocycles. The first-order valence-corrected chi connectivity index (χ1v) is 9.96. The van der Waals surface area contributed by atoms with Gasteiger partial charge in [0.15, 0.2) is 5.13 Å². The van der Waals surface area contributed by atoms with E-state index in [-0.39, 0.29) is 0 Å². The number of aromatic nitrogens is 2. The molecule has 1 aromatic carbocycles. The number of hydrogen-bond acceptors (Lipinski definition) is 6. The van der Waals surface area contributed by atoms with Crippen LogP contribution in [0.3, 0.4) is 0 Å². The summed E-state index contributed by atoms with van der Waals surface area (Å²) in [6.45, 7) is 5.48. The Hall–Kier alpha value is -1.54. The standard InChI is InChI=1S/C18H20BrN5S/c1-23-6-8-24(9-7-23)12-13-4-5-20-17(10-13)22-18-21-15-3-2-14(19)11-16(15)25-18/h2-5,10-11H,6-9,12H2,1H3,(H,20,21,22). The summed E-state index contributed by atoms with van der Waals surface area (Å²) in [6.07, 6.45) is 1.87. The lowest BCUT2D eigenvalue weighted by atomic mass is 10.2. The molecular formula is C18H20BrN5S. The smallest absolute Gasteiger partial charge is 0.189 e. The Morgan fingerprint density at radius 1 is 1.16 bits per heavy atom. The minimum Gasteiger partial charge on any atom is -0.316 e. The summed E-state index contributed by atoms with van der Waals surface area (Å²) in [5, 5.41) is 4.22. The lowest BCUT2D eigenvalue weighted by Crippen LogP contribution is -2.43. The number of hydrogen-bond donors (Lipinski definition) is 1. The molecular weight excluding hydrogens is 398 g/mol. The predicted molar refractivity (Wildman–Crippen MR) is 108 cm³/mol. The van der Waals surface area contributed by atoms with Crippen LogP contribution < -0.4 is 5.32 Å². The number of halogens is 1. The van der Waals surface area contributed by atoms with Crippen molar-refractivity contribution in [3.8, 4) is 0 Å². The van der Waals surface area contributed by atoms with E-state index in [0.29, 0.717) is 0 Å². The maximum atomic E-state index is 4.63.